The summed E-state index contributed by atoms with van der Waals surface area (Å²) in [6.45, 7) is 14.3. The van der Waals surface area contributed by atoms with Crippen LogP contribution in [0.5, 0.6) is 0 Å². The normalized spacial score (nSPS) is 13.0. The minimum absolute atomic E-state index is 0.531. The van der Waals surface area contributed by atoms with Crippen LogP contribution in [-0.2, 0) is 10.8 Å². The SMILES string of the molecule is CCS(=O)c1c(-c2nc3cc(C)cnn3c2C)nn2c(C)c(C)c(C)c(C)c12. The Bertz CT molecular complexity index is 1280. The van der Waals surface area contributed by atoms with Crippen LogP contribution in [0.4, 0.5) is 0 Å². The van der Waals surface area contributed by atoms with Crippen LogP contribution in [0.2, 0.25) is 0 Å². The summed E-state index contributed by atoms with van der Waals surface area (Å²) in [7, 11) is -1.17. The summed E-state index contributed by atoms with van der Waals surface area (Å²) in [5.41, 5.74) is 9.71. The third-order valence-corrected chi connectivity index (χ3v) is 7.10. The van der Waals surface area contributed by atoms with Gasteiger partial charge >= 0.3 is 0 Å². The molecule has 28 heavy (non-hydrogen) atoms. The Balaban J connectivity index is 2.16. The first-order valence-corrected chi connectivity index (χ1v) is 10.8. The highest BCUT2D eigenvalue weighted by Gasteiger charge is 2.26. The molecule has 0 aliphatic heterocycles. The molecule has 0 radical (unpaired) electrons. The van der Waals surface area contributed by atoms with Crippen LogP contribution < -0.4 is 0 Å². The number of pyridine rings is 1. The largest absolute Gasteiger partial charge is 0.254 e. The van der Waals surface area contributed by atoms with E-state index in [9.17, 15) is 4.21 Å². The lowest BCUT2D eigenvalue weighted by atomic mass is 10.0. The fraction of sp³-hybridized carbons (Fsp3) is 0.381. The van der Waals surface area contributed by atoms with Gasteiger partial charge in [0.15, 0.2) is 5.65 Å². The van der Waals surface area contributed by atoms with Gasteiger partial charge in [-0.1, -0.05) is 6.92 Å². The van der Waals surface area contributed by atoms with E-state index in [1.165, 1.54) is 11.1 Å². The highest BCUT2D eigenvalue weighted by Crippen LogP contribution is 2.35. The topological polar surface area (TPSA) is 64.6 Å². The Labute approximate surface area is 167 Å². The first-order chi connectivity index (χ1) is 13.3. The van der Waals surface area contributed by atoms with Crippen LogP contribution in [0.3, 0.4) is 0 Å². The minimum Gasteiger partial charge on any atom is -0.254 e. The quantitative estimate of drug-likeness (QED) is 0.525. The van der Waals surface area contributed by atoms with Gasteiger partial charge in [0.1, 0.15) is 11.4 Å². The fourth-order valence-corrected chi connectivity index (χ4v) is 4.84. The number of imidazole rings is 1. The average molecular weight is 396 g/mol. The first kappa shape index (κ1) is 18.8. The summed E-state index contributed by atoms with van der Waals surface area (Å²) in [6, 6.07) is 2.00. The maximum absolute atomic E-state index is 13.1. The van der Waals surface area contributed by atoms with Crippen molar-refractivity contribution in [2.24, 2.45) is 0 Å². The highest BCUT2D eigenvalue weighted by molar-refractivity contribution is 7.85. The number of rotatable bonds is 3. The van der Waals surface area contributed by atoms with E-state index >= 15 is 0 Å². The van der Waals surface area contributed by atoms with Gasteiger partial charge < -0.3 is 0 Å². The van der Waals surface area contributed by atoms with Crippen LogP contribution in [0.25, 0.3) is 22.6 Å². The van der Waals surface area contributed by atoms with E-state index in [0.717, 1.165) is 44.3 Å². The maximum Gasteiger partial charge on any atom is 0.154 e. The van der Waals surface area contributed by atoms with E-state index in [2.05, 4.69) is 32.8 Å². The summed E-state index contributed by atoms with van der Waals surface area (Å²) in [6.07, 6.45) is 1.82. The molecule has 0 aliphatic rings. The molecular weight excluding hydrogens is 370 g/mol. The van der Waals surface area contributed by atoms with Crippen molar-refractivity contribution >= 4 is 22.0 Å². The molecule has 1 atom stereocenters. The van der Waals surface area contributed by atoms with Gasteiger partial charge in [0.2, 0.25) is 0 Å². The zero-order chi connectivity index (χ0) is 20.3. The third-order valence-electron chi connectivity index (χ3n) is 5.73. The lowest BCUT2D eigenvalue weighted by molar-refractivity contribution is 0.684. The van der Waals surface area contributed by atoms with Crippen LogP contribution in [0.15, 0.2) is 17.2 Å². The zero-order valence-corrected chi connectivity index (χ0v) is 18.2. The highest BCUT2D eigenvalue weighted by atomic mass is 32.2. The molecule has 4 heterocycles. The molecule has 7 heteroatoms. The number of fused-ring (bicyclic) bond motifs is 2. The summed E-state index contributed by atoms with van der Waals surface area (Å²) >= 11 is 0. The zero-order valence-electron chi connectivity index (χ0n) is 17.4. The second-order valence-electron chi connectivity index (χ2n) is 7.38. The summed E-state index contributed by atoms with van der Waals surface area (Å²) in [5, 5.41) is 9.39. The molecule has 0 aliphatic carbocycles. The van der Waals surface area contributed by atoms with Gasteiger partial charge in [-0.05, 0) is 69.9 Å². The molecular formula is C21H25N5OS. The van der Waals surface area contributed by atoms with Crippen molar-refractivity contribution in [3.63, 3.8) is 0 Å². The molecule has 1 unspecified atom stereocenters. The summed E-state index contributed by atoms with van der Waals surface area (Å²) in [4.78, 5) is 5.58. The van der Waals surface area contributed by atoms with Crippen molar-refractivity contribution in [1.29, 1.82) is 0 Å². The van der Waals surface area contributed by atoms with E-state index in [0.29, 0.717) is 11.4 Å². The smallest absolute Gasteiger partial charge is 0.154 e. The van der Waals surface area contributed by atoms with Gasteiger partial charge in [0.25, 0.3) is 0 Å². The van der Waals surface area contributed by atoms with Gasteiger partial charge in [0, 0.05) is 11.4 Å². The predicted molar refractivity (Wildman–Crippen MR) is 113 cm³/mol. The lowest BCUT2D eigenvalue weighted by Gasteiger charge is -2.12. The van der Waals surface area contributed by atoms with Crippen LogP contribution in [-0.4, -0.2) is 34.2 Å². The van der Waals surface area contributed by atoms with Crippen molar-refractivity contribution in [2.45, 2.75) is 53.4 Å². The molecule has 146 valence electrons. The van der Waals surface area contributed by atoms with Crippen LogP contribution in [0.1, 0.15) is 40.6 Å². The Kier molecular flexibility index (Phi) is 4.38. The summed E-state index contributed by atoms with van der Waals surface area (Å²) in [5.74, 6) is 0.531. The molecule has 0 spiro atoms. The van der Waals surface area contributed by atoms with Crippen molar-refractivity contribution in [2.75, 3.05) is 5.75 Å². The second kappa shape index (κ2) is 6.51. The number of aryl methyl sites for hydroxylation is 4. The summed E-state index contributed by atoms with van der Waals surface area (Å²) < 4.78 is 16.9. The molecule has 0 saturated heterocycles. The van der Waals surface area contributed by atoms with E-state index < -0.39 is 10.8 Å². The molecule has 4 aromatic heterocycles. The fourth-order valence-electron chi connectivity index (χ4n) is 3.75. The van der Waals surface area contributed by atoms with Crippen molar-refractivity contribution in [3.05, 3.63) is 45.9 Å². The standard InChI is InChI=1S/C21H25N5OS/c1-8-28(27)21-19(18-16(7)25-17(23-18)9-11(2)10-22-25)24-26-15(6)13(4)12(3)14(5)20(21)26/h9-10H,8H2,1-7H3. The van der Waals surface area contributed by atoms with Crippen molar-refractivity contribution in [1.82, 2.24) is 24.2 Å². The Morgan fingerprint density at radius 3 is 2.32 bits per heavy atom. The van der Waals surface area contributed by atoms with Crippen LogP contribution in [0, 0.1) is 41.5 Å². The molecule has 0 N–H and O–H groups in total. The van der Waals surface area contributed by atoms with Gasteiger partial charge in [-0.25, -0.2) is 14.0 Å². The third kappa shape index (κ3) is 2.53. The monoisotopic (exact) mass is 395 g/mol. The molecule has 4 rings (SSSR count). The Morgan fingerprint density at radius 2 is 1.64 bits per heavy atom. The number of aromatic nitrogens is 5. The van der Waals surface area contributed by atoms with E-state index in [4.69, 9.17) is 10.1 Å². The molecule has 0 amide bonds. The molecule has 6 nitrogen and oxygen atoms in total. The van der Waals surface area contributed by atoms with Crippen molar-refractivity contribution < 1.29 is 4.21 Å². The molecule has 0 fully saturated rings. The molecule has 4 aromatic rings. The number of hydrogen-bond acceptors (Lipinski definition) is 4. The Hall–Kier alpha value is -2.54. The Morgan fingerprint density at radius 1 is 0.929 bits per heavy atom. The second-order valence-corrected chi connectivity index (χ2v) is 9.06. The number of nitrogens with zero attached hydrogens (tertiary/aromatic N) is 5. The lowest BCUT2D eigenvalue weighted by Crippen LogP contribution is -2.03. The number of hydrogen-bond donors (Lipinski definition) is 0. The van der Waals surface area contributed by atoms with Gasteiger partial charge in [0.05, 0.1) is 33.1 Å². The average Bonchev–Trinajstić information content (AvgIpc) is 3.22. The maximum atomic E-state index is 13.1. The predicted octanol–water partition coefficient (Wildman–Crippen LogP) is 4.02. The molecule has 0 bridgehead atoms. The van der Waals surface area contributed by atoms with Crippen LogP contribution >= 0.6 is 0 Å². The minimum atomic E-state index is -1.17. The van der Waals surface area contributed by atoms with E-state index in [-0.39, 0.29) is 0 Å². The van der Waals surface area contributed by atoms with Gasteiger partial charge in [-0.15, -0.1) is 0 Å². The van der Waals surface area contributed by atoms with Gasteiger partial charge in [-0.2, -0.15) is 10.2 Å². The van der Waals surface area contributed by atoms with Crippen molar-refractivity contribution in [3.8, 4) is 11.4 Å². The molecule has 0 saturated carbocycles. The van der Waals surface area contributed by atoms with E-state index in [1.807, 2.05) is 42.1 Å². The molecule has 0 aromatic carbocycles. The first-order valence-electron chi connectivity index (χ1n) is 9.46. The van der Waals surface area contributed by atoms with E-state index in [1.54, 1.807) is 0 Å². The van der Waals surface area contributed by atoms with Gasteiger partial charge in [-0.3, -0.25) is 4.21 Å².